The van der Waals surface area contributed by atoms with Crippen LogP contribution < -0.4 is 5.56 Å². The standard InChI is InChI=1S/C17H10BrClN2OS/c1-9-14(18)7-16(23-9)12-6-15(21-17(22)13(12)8-20)10-2-4-11(19)5-3-10/h2-7H,1H3,(H,21,22). The fraction of sp³-hybridized carbons (Fsp3) is 0.0588. The van der Waals surface area contributed by atoms with E-state index in [1.165, 1.54) is 0 Å². The van der Waals surface area contributed by atoms with E-state index in [0.29, 0.717) is 16.3 Å². The highest BCUT2D eigenvalue weighted by atomic mass is 79.9. The molecule has 2 heterocycles. The Hall–Kier alpha value is -1.87. The molecule has 3 rings (SSSR count). The summed E-state index contributed by atoms with van der Waals surface area (Å²) in [6, 6.07) is 13.0. The van der Waals surface area contributed by atoms with Crippen LogP contribution in [0.25, 0.3) is 21.7 Å². The lowest BCUT2D eigenvalue weighted by Crippen LogP contribution is -2.12. The topological polar surface area (TPSA) is 56.6 Å². The van der Waals surface area contributed by atoms with E-state index in [0.717, 1.165) is 19.8 Å². The van der Waals surface area contributed by atoms with Gasteiger partial charge in [-0.05, 0) is 52.7 Å². The molecule has 1 N–H and O–H groups in total. The molecule has 0 saturated carbocycles. The fourth-order valence-electron chi connectivity index (χ4n) is 2.24. The maximum atomic E-state index is 12.3. The zero-order valence-corrected chi connectivity index (χ0v) is 15.1. The number of nitrogens with zero attached hydrogens (tertiary/aromatic N) is 1. The summed E-state index contributed by atoms with van der Waals surface area (Å²) in [6.45, 7) is 1.98. The Morgan fingerprint density at radius 2 is 1.96 bits per heavy atom. The Balaban J connectivity index is 2.24. The van der Waals surface area contributed by atoms with Crippen LogP contribution in [0.1, 0.15) is 10.4 Å². The smallest absolute Gasteiger partial charge is 0.267 e. The molecule has 23 heavy (non-hydrogen) atoms. The SMILES string of the molecule is Cc1sc(-c2cc(-c3ccc(Cl)cc3)[nH]c(=O)c2C#N)cc1Br. The predicted molar refractivity (Wildman–Crippen MR) is 98.0 cm³/mol. The predicted octanol–water partition coefficient (Wildman–Crippen LogP) is 5.37. The summed E-state index contributed by atoms with van der Waals surface area (Å²) >= 11 is 10.9. The summed E-state index contributed by atoms with van der Waals surface area (Å²) in [5, 5.41) is 9.97. The van der Waals surface area contributed by atoms with Crippen molar-refractivity contribution in [1.29, 1.82) is 5.26 Å². The van der Waals surface area contributed by atoms with Crippen molar-refractivity contribution < 1.29 is 0 Å². The van der Waals surface area contributed by atoms with E-state index in [9.17, 15) is 10.1 Å². The molecule has 0 aliphatic heterocycles. The number of nitriles is 1. The number of aromatic amines is 1. The zero-order valence-electron chi connectivity index (χ0n) is 12.0. The van der Waals surface area contributed by atoms with Crippen molar-refractivity contribution in [3.8, 4) is 27.8 Å². The van der Waals surface area contributed by atoms with Crippen LogP contribution in [0.2, 0.25) is 5.02 Å². The van der Waals surface area contributed by atoms with Crippen LogP contribution in [0, 0.1) is 18.3 Å². The van der Waals surface area contributed by atoms with Gasteiger partial charge in [0.25, 0.3) is 5.56 Å². The number of aromatic nitrogens is 1. The van der Waals surface area contributed by atoms with Gasteiger partial charge in [-0.15, -0.1) is 11.3 Å². The highest BCUT2D eigenvalue weighted by molar-refractivity contribution is 9.10. The van der Waals surface area contributed by atoms with Crippen LogP contribution >= 0.6 is 38.9 Å². The normalized spacial score (nSPS) is 10.5. The first kappa shape index (κ1) is 16.0. The molecule has 0 amide bonds. The molecular weight excluding hydrogens is 396 g/mol. The van der Waals surface area contributed by atoms with Gasteiger partial charge in [-0.2, -0.15) is 5.26 Å². The minimum absolute atomic E-state index is 0.122. The number of nitrogens with one attached hydrogen (secondary N) is 1. The van der Waals surface area contributed by atoms with Gasteiger partial charge in [-0.25, -0.2) is 0 Å². The molecule has 0 atom stereocenters. The van der Waals surface area contributed by atoms with E-state index in [2.05, 4.69) is 20.9 Å². The maximum absolute atomic E-state index is 12.3. The lowest BCUT2D eigenvalue weighted by molar-refractivity contribution is 1.22. The van der Waals surface area contributed by atoms with E-state index in [-0.39, 0.29) is 5.56 Å². The fourth-order valence-corrected chi connectivity index (χ4v) is 3.93. The molecule has 0 saturated heterocycles. The number of aryl methyl sites for hydroxylation is 1. The molecule has 0 unspecified atom stereocenters. The van der Waals surface area contributed by atoms with E-state index < -0.39 is 5.56 Å². The molecule has 3 aromatic rings. The molecule has 0 aliphatic rings. The summed E-state index contributed by atoms with van der Waals surface area (Å²) in [6.07, 6.45) is 0. The highest BCUT2D eigenvalue weighted by Gasteiger charge is 2.15. The first-order chi connectivity index (χ1) is 11.0. The van der Waals surface area contributed by atoms with Gasteiger partial charge in [0.1, 0.15) is 11.6 Å². The third-order valence-corrected chi connectivity index (χ3v) is 5.84. The van der Waals surface area contributed by atoms with Crippen LogP contribution in [-0.2, 0) is 0 Å². The number of hydrogen-bond acceptors (Lipinski definition) is 3. The maximum Gasteiger partial charge on any atom is 0.267 e. The van der Waals surface area contributed by atoms with Crippen molar-refractivity contribution in [2.24, 2.45) is 0 Å². The molecule has 0 bridgehead atoms. The number of rotatable bonds is 2. The van der Waals surface area contributed by atoms with Gasteiger partial charge in [0.2, 0.25) is 0 Å². The summed E-state index contributed by atoms with van der Waals surface area (Å²) in [5.74, 6) is 0. The second-order valence-corrected chi connectivity index (χ2v) is 7.48. The largest absolute Gasteiger partial charge is 0.321 e. The number of hydrogen-bond donors (Lipinski definition) is 1. The molecule has 1 aromatic carbocycles. The van der Waals surface area contributed by atoms with E-state index in [1.54, 1.807) is 23.5 Å². The molecule has 2 aromatic heterocycles. The quantitative estimate of drug-likeness (QED) is 0.623. The Morgan fingerprint density at radius 1 is 1.26 bits per heavy atom. The van der Waals surface area contributed by atoms with Crippen LogP contribution in [0.5, 0.6) is 0 Å². The van der Waals surface area contributed by atoms with Gasteiger partial charge >= 0.3 is 0 Å². The van der Waals surface area contributed by atoms with Gasteiger partial charge in [-0.3, -0.25) is 4.79 Å². The highest BCUT2D eigenvalue weighted by Crippen LogP contribution is 2.36. The average Bonchev–Trinajstić information content (AvgIpc) is 2.86. The van der Waals surface area contributed by atoms with Crippen LogP contribution in [0.3, 0.4) is 0 Å². The van der Waals surface area contributed by atoms with Crippen LogP contribution in [-0.4, -0.2) is 4.98 Å². The number of H-pyrrole nitrogens is 1. The van der Waals surface area contributed by atoms with Crippen molar-refractivity contribution in [2.75, 3.05) is 0 Å². The Labute approximate surface area is 150 Å². The van der Waals surface area contributed by atoms with Crippen molar-refractivity contribution in [1.82, 2.24) is 4.98 Å². The second kappa shape index (κ2) is 6.32. The van der Waals surface area contributed by atoms with Gasteiger partial charge in [0.05, 0.1) is 0 Å². The number of thiophene rings is 1. The minimum Gasteiger partial charge on any atom is -0.321 e. The minimum atomic E-state index is -0.392. The Kier molecular flexibility index (Phi) is 4.40. The zero-order chi connectivity index (χ0) is 16.6. The van der Waals surface area contributed by atoms with E-state index in [4.69, 9.17) is 11.6 Å². The molecule has 3 nitrogen and oxygen atoms in total. The first-order valence-electron chi connectivity index (χ1n) is 6.69. The number of benzene rings is 1. The lowest BCUT2D eigenvalue weighted by atomic mass is 10.0. The molecule has 6 heteroatoms. The molecule has 0 radical (unpaired) electrons. The van der Waals surface area contributed by atoms with Crippen LogP contribution in [0.15, 0.2) is 45.7 Å². The summed E-state index contributed by atoms with van der Waals surface area (Å²) in [5.41, 5.74) is 1.86. The molecule has 0 spiro atoms. The van der Waals surface area contributed by atoms with Gasteiger partial charge < -0.3 is 4.98 Å². The number of halogens is 2. The van der Waals surface area contributed by atoms with Crippen molar-refractivity contribution in [3.05, 3.63) is 66.7 Å². The molecule has 114 valence electrons. The summed E-state index contributed by atoms with van der Waals surface area (Å²) in [4.78, 5) is 17.0. The molecule has 0 fully saturated rings. The third kappa shape index (κ3) is 3.11. The van der Waals surface area contributed by atoms with Crippen molar-refractivity contribution >= 4 is 38.9 Å². The first-order valence-corrected chi connectivity index (χ1v) is 8.68. The molecular formula is C17H10BrClN2OS. The van der Waals surface area contributed by atoms with Gasteiger partial charge in [-0.1, -0.05) is 23.7 Å². The molecule has 0 aliphatic carbocycles. The number of pyridine rings is 1. The van der Waals surface area contributed by atoms with Gasteiger partial charge in [0.15, 0.2) is 0 Å². The Bertz CT molecular complexity index is 964. The summed E-state index contributed by atoms with van der Waals surface area (Å²) in [7, 11) is 0. The third-order valence-electron chi connectivity index (χ3n) is 3.42. The lowest BCUT2D eigenvalue weighted by Gasteiger charge is -2.06. The van der Waals surface area contributed by atoms with Crippen molar-refractivity contribution in [2.45, 2.75) is 6.92 Å². The van der Waals surface area contributed by atoms with E-state index >= 15 is 0 Å². The summed E-state index contributed by atoms with van der Waals surface area (Å²) < 4.78 is 0.967. The monoisotopic (exact) mass is 404 g/mol. The second-order valence-electron chi connectivity index (χ2n) is 4.93. The van der Waals surface area contributed by atoms with Crippen LogP contribution in [0.4, 0.5) is 0 Å². The van der Waals surface area contributed by atoms with Crippen molar-refractivity contribution in [3.63, 3.8) is 0 Å². The van der Waals surface area contributed by atoms with E-state index in [1.807, 2.05) is 37.3 Å². The Morgan fingerprint density at radius 3 is 2.52 bits per heavy atom. The average molecular weight is 406 g/mol. The van der Waals surface area contributed by atoms with Gasteiger partial charge in [0, 0.05) is 30.5 Å².